The molecule has 6 nitrogen and oxygen atoms in total. The SMILES string of the molecule is CC(C)N(CCCC(=O)O)C(=O)Cc1ccn[nH]1. The first-order valence-electron chi connectivity index (χ1n) is 6.00. The van der Waals surface area contributed by atoms with Gasteiger partial charge in [0, 0.05) is 30.9 Å². The second-order valence-electron chi connectivity index (χ2n) is 4.44. The molecule has 6 heteroatoms. The summed E-state index contributed by atoms with van der Waals surface area (Å²) in [6, 6.07) is 1.82. The van der Waals surface area contributed by atoms with Crippen molar-refractivity contribution in [2.24, 2.45) is 0 Å². The molecule has 0 saturated heterocycles. The first-order valence-corrected chi connectivity index (χ1v) is 6.00. The molecule has 0 bridgehead atoms. The Balaban J connectivity index is 2.50. The number of carbonyl (C=O) groups excluding carboxylic acids is 1. The van der Waals surface area contributed by atoms with E-state index < -0.39 is 5.97 Å². The monoisotopic (exact) mass is 253 g/mol. The summed E-state index contributed by atoms with van der Waals surface area (Å²) in [5, 5.41) is 15.1. The number of hydrogen-bond donors (Lipinski definition) is 2. The molecule has 2 N–H and O–H groups in total. The van der Waals surface area contributed by atoms with Crippen LogP contribution in [0.5, 0.6) is 0 Å². The summed E-state index contributed by atoms with van der Waals surface area (Å²) in [6.07, 6.45) is 2.43. The highest BCUT2D eigenvalue weighted by molar-refractivity contribution is 5.78. The van der Waals surface area contributed by atoms with Crippen LogP contribution in [0.15, 0.2) is 12.3 Å². The van der Waals surface area contributed by atoms with Gasteiger partial charge in [0.15, 0.2) is 0 Å². The summed E-state index contributed by atoms with van der Waals surface area (Å²) in [5.74, 6) is -0.848. The third-order valence-corrected chi connectivity index (χ3v) is 2.63. The molecule has 0 spiro atoms. The normalized spacial score (nSPS) is 10.6. The zero-order valence-electron chi connectivity index (χ0n) is 10.7. The molecule has 0 fully saturated rings. The Labute approximate surface area is 106 Å². The number of aliphatic carboxylic acids is 1. The smallest absolute Gasteiger partial charge is 0.303 e. The number of H-pyrrole nitrogens is 1. The number of aromatic amines is 1. The Bertz CT molecular complexity index is 387. The van der Waals surface area contributed by atoms with Crippen LogP contribution in [0.3, 0.4) is 0 Å². The third kappa shape index (κ3) is 4.57. The van der Waals surface area contributed by atoms with E-state index in [9.17, 15) is 9.59 Å². The maximum atomic E-state index is 12.1. The minimum absolute atomic E-state index is 0.0142. The Morgan fingerprint density at radius 2 is 2.22 bits per heavy atom. The summed E-state index contributed by atoms with van der Waals surface area (Å²) in [7, 11) is 0. The van der Waals surface area contributed by atoms with Crippen molar-refractivity contribution >= 4 is 11.9 Å². The lowest BCUT2D eigenvalue weighted by Crippen LogP contribution is -2.39. The molecule has 1 aromatic rings. The maximum absolute atomic E-state index is 12.1. The van der Waals surface area contributed by atoms with Gasteiger partial charge in [0.2, 0.25) is 5.91 Å². The number of amides is 1. The lowest BCUT2D eigenvalue weighted by Gasteiger charge is -2.26. The van der Waals surface area contributed by atoms with Crippen LogP contribution in [0.1, 0.15) is 32.4 Å². The summed E-state index contributed by atoms with van der Waals surface area (Å²) in [6.45, 7) is 4.31. The second kappa shape index (κ2) is 6.78. The Kier molecular flexibility index (Phi) is 5.35. The maximum Gasteiger partial charge on any atom is 0.303 e. The van der Waals surface area contributed by atoms with Gasteiger partial charge in [0.05, 0.1) is 6.42 Å². The highest BCUT2D eigenvalue weighted by Gasteiger charge is 2.17. The van der Waals surface area contributed by atoms with E-state index in [1.165, 1.54) is 0 Å². The first-order chi connectivity index (χ1) is 8.50. The van der Waals surface area contributed by atoms with Gasteiger partial charge in [-0.05, 0) is 26.3 Å². The molecule has 1 amide bonds. The average molecular weight is 253 g/mol. The summed E-state index contributed by atoms with van der Waals surface area (Å²) >= 11 is 0. The molecule has 0 saturated carbocycles. The van der Waals surface area contributed by atoms with Crippen molar-refractivity contribution in [1.82, 2.24) is 15.1 Å². The van der Waals surface area contributed by atoms with Crippen LogP contribution < -0.4 is 0 Å². The Morgan fingerprint density at radius 3 is 2.72 bits per heavy atom. The van der Waals surface area contributed by atoms with E-state index in [2.05, 4.69) is 10.2 Å². The van der Waals surface area contributed by atoms with Gasteiger partial charge in [-0.1, -0.05) is 0 Å². The summed E-state index contributed by atoms with van der Waals surface area (Å²) < 4.78 is 0. The minimum Gasteiger partial charge on any atom is -0.481 e. The van der Waals surface area contributed by atoms with Gasteiger partial charge in [-0.3, -0.25) is 14.7 Å². The first kappa shape index (κ1) is 14.2. The highest BCUT2D eigenvalue weighted by atomic mass is 16.4. The number of hydrogen-bond acceptors (Lipinski definition) is 3. The minimum atomic E-state index is -0.834. The average Bonchev–Trinajstić information content (AvgIpc) is 2.75. The molecule has 18 heavy (non-hydrogen) atoms. The second-order valence-corrected chi connectivity index (χ2v) is 4.44. The van der Waals surface area contributed by atoms with Crippen molar-refractivity contribution in [3.8, 4) is 0 Å². The van der Waals surface area contributed by atoms with Crippen molar-refractivity contribution in [3.05, 3.63) is 18.0 Å². The molecular weight excluding hydrogens is 234 g/mol. The zero-order valence-corrected chi connectivity index (χ0v) is 10.7. The third-order valence-electron chi connectivity index (χ3n) is 2.63. The van der Waals surface area contributed by atoms with Crippen LogP contribution in [0.4, 0.5) is 0 Å². The number of carboxylic acid groups (broad SMARTS) is 1. The van der Waals surface area contributed by atoms with E-state index in [1.807, 2.05) is 13.8 Å². The molecule has 0 atom stereocenters. The molecule has 0 aliphatic carbocycles. The molecular formula is C12H19N3O3. The molecule has 0 unspecified atom stereocenters. The molecule has 0 aromatic carbocycles. The molecule has 0 radical (unpaired) electrons. The van der Waals surface area contributed by atoms with Crippen molar-refractivity contribution in [2.45, 2.75) is 39.2 Å². The molecule has 100 valence electrons. The number of carbonyl (C=O) groups is 2. The number of rotatable bonds is 7. The van der Waals surface area contributed by atoms with Gasteiger partial charge in [0.1, 0.15) is 0 Å². The predicted octanol–water partition coefficient (Wildman–Crippen LogP) is 1.05. The summed E-state index contributed by atoms with van der Waals surface area (Å²) in [4.78, 5) is 24.2. The van der Waals surface area contributed by atoms with Crippen molar-refractivity contribution in [1.29, 1.82) is 0 Å². The van der Waals surface area contributed by atoms with E-state index >= 15 is 0 Å². The van der Waals surface area contributed by atoms with Crippen LogP contribution in [0, 0.1) is 0 Å². The van der Waals surface area contributed by atoms with Gasteiger partial charge in [0.25, 0.3) is 0 Å². The van der Waals surface area contributed by atoms with Crippen LogP contribution in [0.25, 0.3) is 0 Å². The highest BCUT2D eigenvalue weighted by Crippen LogP contribution is 2.06. The van der Waals surface area contributed by atoms with Crippen molar-refractivity contribution in [3.63, 3.8) is 0 Å². The fourth-order valence-corrected chi connectivity index (χ4v) is 1.72. The van der Waals surface area contributed by atoms with E-state index in [-0.39, 0.29) is 24.8 Å². The molecule has 0 aliphatic rings. The number of nitrogens with zero attached hydrogens (tertiary/aromatic N) is 2. The zero-order chi connectivity index (χ0) is 13.5. The van der Waals surface area contributed by atoms with E-state index in [0.29, 0.717) is 13.0 Å². The van der Waals surface area contributed by atoms with E-state index in [0.717, 1.165) is 5.69 Å². The molecule has 1 aromatic heterocycles. The topological polar surface area (TPSA) is 86.3 Å². The largest absolute Gasteiger partial charge is 0.481 e. The van der Waals surface area contributed by atoms with Crippen molar-refractivity contribution < 1.29 is 14.7 Å². The Morgan fingerprint density at radius 1 is 1.50 bits per heavy atom. The van der Waals surface area contributed by atoms with Gasteiger partial charge in [-0.25, -0.2) is 0 Å². The van der Waals surface area contributed by atoms with E-state index in [1.54, 1.807) is 17.2 Å². The van der Waals surface area contributed by atoms with Crippen LogP contribution in [-0.4, -0.2) is 44.7 Å². The lowest BCUT2D eigenvalue weighted by atomic mass is 10.2. The molecule has 1 rings (SSSR count). The molecule has 1 heterocycles. The van der Waals surface area contributed by atoms with E-state index in [4.69, 9.17) is 5.11 Å². The summed E-state index contributed by atoms with van der Waals surface area (Å²) in [5.41, 5.74) is 0.767. The molecule has 0 aliphatic heterocycles. The lowest BCUT2D eigenvalue weighted by molar-refractivity contribution is -0.138. The van der Waals surface area contributed by atoms with Gasteiger partial charge >= 0.3 is 5.97 Å². The fraction of sp³-hybridized carbons (Fsp3) is 0.583. The van der Waals surface area contributed by atoms with Crippen molar-refractivity contribution in [2.75, 3.05) is 6.54 Å². The van der Waals surface area contributed by atoms with Crippen LogP contribution in [-0.2, 0) is 16.0 Å². The van der Waals surface area contributed by atoms with Crippen LogP contribution >= 0.6 is 0 Å². The number of carboxylic acids is 1. The Hall–Kier alpha value is -1.85. The van der Waals surface area contributed by atoms with Gasteiger partial charge in [-0.15, -0.1) is 0 Å². The quantitative estimate of drug-likeness (QED) is 0.760. The number of nitrogens with one attached hydrogen (secondary N) is 1. The number of aromatic nitrogens is 2. The fourth-order valence-electron chi connectivity index (χ4n) is 1.72. The van der Waals surface area contributed by atoms with Gasteiger partial charge in [-0.2, -0.15) is 5.10 Å². The standard InChI is InChI=1S/C12H19N3O3/c1-9(2)15(7-3-4-12(17)18)11(16)8-10-5-6-13-14-10/h5-6,9H,3-4,7-8H2,1-2H3,(H,13,14)(H,17,18). The van der Waals surface area contributed by atoms with Crippen LogP contribution in [0.2, 0.25) is 0 Å². The predicted molar refractivity (Wildman–Crippen MR) is 66.0 cm³/mol. The van der Waals surface area contributed by atoms with Gasteiger partial charge < -0.3 is 10.0 Å².